The van der Waals surface area contributed by atoms with Crippen molar-refractivity contribution >= 4 is 22.6 Å². The Balaban J connectivity index is 1.61. The maximum atomic E-state index is 13.0. The van der Waals surface area contributed by atoms with E-state index >= 15 is 0 Å². The van der Waals surface area contributed by atoms with Gasteiger partial charge in [-0.15, -0.1) is 0 Å². The van der Waals surface area contributed by atoms with Crippen LogP contribution in [0.3, 0.4) is 0 Å². The number of rotatable bonds is 3. The van der Waals surface area contributed by atoms with Crippen molar-refractivity contribution in [3.8, 4) is 11.1 Å². The molecular weight excluding hydrogens is 381 g/mol. The van der Waals surface area contributed by atoms with Crippen molar-refractivity contribution in [2.24, 2.45) is 5.92 Å². The number of hydrogen-bond donors (Lipinski definition) is 2. The van der Waals surface area contributed by atoms with Crippen molar-refractivity contribution in [3.05, 3.63) is 48.0 Å². The molecule has 0 radical (unpaired) electrons. The molecule has 0 spiro atoms. The van der Waals surface area contributed by atoms with Gasteiger partial charge in [-0.1, -0.05) is 18.2 Å². The maximum absolute atomic E-state index is 13.0. The molecule has 2 N–H and O–H groups in total. The molecule has 0 aliphatic carbocycles. The van der Waals surface area contributed by atoms with Crippen LogP contribution in [0.25, 0.3) is 22.0 Å². The molecule has 29 heavy (non-hydrogen) atoms. The van der Waals surface area contributed by atoms with Gasteiger partial charge in [0, 0.05) is 11.3 Å². The average Bonchev–Trinajstić information content (AvgIpc) is 3.10. The van der Waals surface area contributed by atoms with Crippen molar-refractivity contribution in [1.82, 2.24) is 15.1 Å². The van der Waals surface area contributed by atoms with Gasteiger partial charge in [-0.3, -0.25) is 9.89 Å². The van der Waals surface area contributed by atoms with E-state index in [9.17, 15) is 18.0 Å². The highest BCUT2D eigenvalue weighted by Crippen LogP contribution is 2.33. The normalized spacial score (nSPS) is 16.3. The van der Waals surface area contributed by atoms with Gasteiger partial charge in [0.15, 0.2) is 5.82 Å². The van der Waals surface area contributed by atoms with Crippen LogP contribution >= 0.6 is 0 Å². The fraction of sp³-hybridized carbons (Fsp3) is 0.333. The predicted molar refractivity (Wildman–Crippen MR) is 105 cm³/mol. The largest absolute Gasteiger partial charge is 0.416 e. The van der Waals surface area contributed by atoms with Gasteiger partial charge in [0.1, 0.15) is 0 Å². The molecule has 1 aromatic heterocycles. The van der Waals surface area contributed by atoms with E-state index in [1.807, 2.05) is 7.05 Å². The zero-order valence-corrected chi connectivity index (χ0v) is 15.9. The first-order valence-electron chi connectivity index (χ1n) is 9.46. The Morgan fingerprint density at radius 3 is 2.59 bits per heavy atom. The SMILES string of the molecule is CN1CCC(C(=O)Nc2n[nH]c3ccc(-c4cccc(C(F)(F)F)c4)cc23)CC1. The summed E-state index contributed by atoms with van der Waals surface area (Å²) in [6.45, 7) is 1.75. The number of hydrogen-bond acceptors (Lipinski definition) is 3. The molecule has 0 bridgehead atoms. The molecule has 8 heteroatoms. The third-order valence-electron chi connectivity index (χ3n) is 5.42. The number of carbonyl (C=O) groups is 1. The second-order valence-corrected chi connectivity index (χ2v) is 7.48. The molecule has 2 heterocycles. The summed E-state index contributed by atoms with van der Waals surface area (Å²) in [4.78, 5) is 14.8. The van der Waals surface area contributed by atoms with E-state index in [0.717, 1.165) is 38.1 Å². The minimum Gasteiger partial charge on any atom is -0.308 e. The maximum Gasteiger partial charge on any atom is 0.416 e. The molecule has 3 aromatic rings. The molecule has 2 aromatic carbocycles. The number of aromatic nitrogens is 2. The molecule has 1 aliphatic rings. The number of nitrogens with one attached hydrogen (secondary N) is 2. The van der Waals surface area contributed by atoms with Crippen molar-refractivity contribution < 1.29 is 18.0 Å². The number of benzene rings is 2. The number of aromatic amines is 1. The summed E-state index contributed by atoms with van der Waals surface area (Å²) in [5.41, 5.74) is 1.09. The van der Waals surface area contributed by atoms with Crippen LogP contribution in [0, 0.1) is 5.92 Å². The van der Waals surface area contributed by atoms with Crippen molar-refractivity contribution in [3.63, 3.8) is 0 Å². The van der Waals surface area contributed by atoms with E-state index < -0.39 is 11.7 Å². The average molecular weight is 402 g/mol. The van der Waals surface area contributed by atoms with Gasteiger partial charge < -0.3 is 10.2 Å². The van der Waals surface area contributed by atoms with Gasteiger partial charge >= 0.3 is 6.18 Å². The monoisotopic (exact) mass is 402 g/mol. The zero-order valence-electron chi connectivity index (χ0n) is 15.9. The van der Waals surface area contributed by atoms with Gasteiger partial charge in [0.05, 0.1) is 11.1 Å². The molecule has 1 amide bonds. The van der Waals surface area contributed by atoms with Crippen LogP contribution in [0.2, 0.25) is 0 Å². The summed E-state index contributed by atoms with van der Waals surface area (Å²) in [5.74, 6) is 0.262. The van der Waals surface area contributed by atoms with Crippen LogP contribution in [0.15, 0.2) is 42.5 Å². The molecule has 0 atom stereocenters. The predicted octanol–water partition coefficient (Wildman–Crippen LogP) is 4.53. The Hall–Kier alpha value is -2.87. The lowest BCUT2D eigenvalue weighted by atomic mass is 9.96. The Labute approximate surface area is 165 Å². The van der Waals surface area contributed by atoms with Gasteiger partial charge in [0.25, 0.3) is 0 Å². The highest BCUT2D eigenvalue weighted by molar-refractivity contribution is 6.01. The van der Waals surface area contributed by atoms with Crippen LogP contribution < -0.4 is 5.32 Å². The molecule has 0 unspecified atom stereocenters. The Morgan fingerprint density at radius 2 is 1.86 bits per heavy atom. The summed E-state index contributed by atoms with van der Waals surface area (Å²) in [5, 5.41) is 10.6. The molecule has 152 valence electrons. The van der Waals surface area contributed by atoms with Gasteiger partial charge in [-0.2, -0.15) is 18.3 Å². The number of likely N-dealkylation sites (tertiary alicyclic amines) is 1. The number of H-pyrrole nitrogens is 1. The Kier molecular flexibility index (Phi) is 5.04. The van der Waals surface area contributed by atoms with Crippen LogP contribution in [0.1, 0.15) is 18.4 Å². The van der Waals surface area contributed by atoms with E-state index in [1.54, 1.807) is 24.3 Å². The summed E-state index contributed by atoms with van der Waals surface area (Å²) in [7, 11) is 2.03. The fourth-order valence-corrected chi connectivity index (χ4v) is 3.65. The van der Waals surface area contributed by atoms with E-state index in [4.69, 9.17) is 0 Å². The summed E-state index contributed by atoms with van der Waals surface area (Å²) < 4.78 is 39.1. The van der Waals surface area contributed by atoms with Crippen molar-refractivity contribution in [2.75, 3.05) is 25.5 Å². The number of piperidine rings is 1. The lowest BCUT2D eigenvalue weighted by molar-refractivity contribution is -0.137. The fourth-order valence-electron chi connectivity index (χ4n) is 3.65. The van der Waals surface area contributed by atoms with Crippen molar-refractivity contribution in [2.45, 2.75) is 19.0 Å². The molecule has 1 aliphatic heterocycles. The Morgan fingerprint density at radius 1 is 1.14 bits per heavy atom. The number of carbonyl (C=O) groups excluding carboxylic acids is 1. The lowest BCUT2D eigenvalue weighted by Crippen LogP contribution is -2.36. The highest BCUT2D eigenvalue weighted by Gasteiger charge is 2.30. The first kappa shape index (κ1) is 19.4. The molecule has 0 saturated carbocycles. The number of anilines is 1. The van der Waals surface area contributed by atoms with Gasteiger partial charge in [0.2, 0.25) is 5.91 Å². The van der Waals surface area contributed by atoms with Crippen LogP contribution in [0.4, 0.5) is 19.0 Å². The number of alkyl halides is 3. The zero-order chi connectivity index (χ0) is 20.6. The lowest BCUT2D eigenvalue weighted by Gasteiger charge is -2.27. The van der Waals surface area contributed by atoms with Gasteiger partial charge in [-0.05, 0) is 68.4 Å². The van der Waals surface area contributed by atoms with Crippen LogP contribution in [0.5, 0.6) is 0 Å². The van der Waals surface area contributed by atoms with E-state index in [1.165, 1.54) is 6.07 Å². The van der Waals surface area contributed by atoms with Gasteiger partial charge in [-0.25, -0.2) is 0 Å². The molecule has 4 rings (SSSR count). The molecule has 1 fully saturated rings. The minimum absolute atomic E-state index is 0.0652. The highest BCUT2D eigenvalue weighted by atomic mass is 19.4. The Bertz CT molecular complexity index is 1040. The number of amides is 1. The van der Waals surface area contributed by atoms with Crippen LogP contribution in [-0.2, 0) is 11.0 Å². The number of fused-ring (bicyclic) bond motifs is 1. The second kappa shape index (κ2) is 7.51. The van der Waals surface area contributed by atoms with Crippen LogP contribution in [-0.4, -0.2) is 41.1 Å². The second-order valence-electron chi connectivity index (χ2n) is 7.48. The van der Waals surface area contributed by atoms with E-state index in [0.29, 0.717) is 27.8 Å². The van der Waals surface area contributed by atoms with E-state index in [-0.39, 0.29) is 11.8 Å². The molecule has 5 nitrogen and oxygen atoms in total. The third kappa shape index (κ3) is 4.12. The quantitative estimate of drug-likeness (QED) is 0.677. The van der Waals surface area contributed by atoms with Crippen molar-refractivity contribution in [1.29, 1.82) is 0 Å². The third-order valence-corrected chi connectivity index (χ3v) is 5.42. The summed E-state index contributed by atoms with van der Waals surface area (Å²) >= 11 is 0. The number of halogens is 3. The summed E-state index contributed by atoms with van der Waals surface area (Å²) in [6, 6.07) is 10.4. The summed E-state index contributed by atoms with van der Waals surface area (Å²) in [6.07, 6.45) is -2.82. The topological polar surface area (TPSA) is 61.0 Å². The minimum atomic E-state index is -4.40. The standard InChI is InChI=1S/C21H21F3N4O/c1-28-9-7-13(8-10-28)20(29)25-19-17-12-15(5-6-18(17)26-27-19)14-3-2-4-16(11-14)21(22,23)24/h2-6,11-13H,7-10H2,1H3,(H2,25,26,27,29). The first-order chi connectivity index (χ1) is 13.8. The molecule has 1 saturated heterocycles. The van der Waals surface area contributed by atoms with E-state index in [2.05, 4.69) is 20.4 Å². The molecular formula is C21H21F3N4O. The first-order valence-corrected chi connectivity index (χ1v) is 9.46. The smallest absolute Gasteiger partial charge is 0.308 e. The number of nitrogens with zero attached hydrogens (tertiary/aromatic N) is 2.